The van der Waals surface area contributed by atoms with Gasteiger partial charge in [0.2, 0.25) is 5.91 Å². The third-order valence-corrected chi connectivity index (χ3v) is 5.87. The van der Waals surface area contributed by atoms with Gasteiger partial charge in [0.1, 0.15) is 0 Å². The fourth-order valence-electron chi connectivity index (χ4n) is 3.97. The van der Waals surface area contributed by atoms with Crippen LogP contribution in [0.4, 0.5) is 0 Å². The van der Waals surface area contributed by atoms with E-state index in [1.54, 1.807) is 14.2 Å². The summed E-state index contributed by atoms with van der Waals surface area (Å²) >= 11 is 0. The number of unbranched alkanes of at least 4 members (excludes halogenated alkanes) is 1. The Balaban J connectivity index is 1.57. The van der Waals surface area contributed by atoms with Crippen molar-refractivity contribution >= 4 is 11.9 Å². The van der Waals surface area contributed by atoms with E-state index in [2.05, 4.69) is 32.7 Å². The first-order valence-electron chi connectivity index (χ1n) is 11.8. The number of amides is 1. The molecule has 2 rings (SSSR count). The summed E-state index contributed by atoms with van der Waals surface area (Å²) in [5.41, 5.74) is 6.64. The maximum atomic E-state index is 11.2. The van der Waals surface area contributed by atoms with Crippen molar-refractivity contribution in [2.75, 3.05) is 53.5 Å². The van der Waals surface area contributed by atoms with Gasteiger partial charge in [-0.15, -0.1) is 0 Å². The number of ether oxygens (including phenoxy) is 2. The van der Waals surface area contributed by atoms with E-state index in [1.165, 1.54) is 5.56 Å². The molecule has 8 nitrogen and oxygen atoms in total. The molecule has 1 fully saturated rings. The van der Waals surface area contributed by atoms with E-state index in [-0.39, 0.29) is 11.8 Å². The van der Waals surface area contributed by atoms with Crippen molar-refractivity contribution < 1.29 is 14.3 Å². The van der Waals surface area contributed by atoms with Crippen LogP contribution in [-0.4, -0.2) is 70.3 Å². The molecule has 0 bridgehead atoms. The monoisotopic (exact) mass is 447 g/mol. The van der Waals surface area contributed by atoms with E-state index in [4.69, 9.17) is 15.2 Å². The van der Waals surface area contributed by atoms with Gasteiger partial charge >= 0.3 is 0 Å². The molecule has 1 aliphatic heterocycles. The predicted molar refractivity (Wildman–Crippen MR) is 129 cm³/mol. The minimum Gasteiger partial charge on any atom is -0.493 e. The fourth-order valence-corrected chi connectivity index (χ4v) is 3.97. The minimum atomic E-state index is -0.146. The first kappa shape index (κ1) is 25.8. The zero-order chi connectivity index (χ0) is 23.2. The van der Waals surface area contributed by atoms with Crippen LogP contribution in [0.15, 0.2) is 23.2 Å². The molecule has 1 aliphatic rings. The second-order valence-corrected chi connectivity index (χ2v) is 8.17. The Bertz CT molecular complexity index is 718. The fraction of sp³-hybridized carbons (Fsp3) is 0.667. The van der Waals surface area contributed by atoms with Crippen molar-refractivity contribution in [2.45, 2.75) is 45.4 Å². The minimum absolute atomic E-state index is 0.0683. The molecule has 32 heavy (non-hydrogen) atoms. The molecule has 1 aromatic rings. The van der Waals surface area contributed by atoms with Gasteiger partial charge in [0, 0.05) is 26.1 Å². The van der Waals surface area contributed by atoms with Crippen LogP contribution in [0.25, 0.3) is 0 Å². The van der Waals surface area contributed by atoms with Gasteiger partial charge < -0.3 is 30.7 Å². The molecule has 8 heteroatoms. The number of rotatable bonds is 13. The second-order valence-electron chi connectivity index (χ2n) is 8.17. The van der Waals surface area contributed by atoms with Crippen LogP contribution < -0.4 is 25.8 Å². The lowest BCUT2D eigenvalue weighted by molar-refractivity contribution is -0.123. The molecule has 0 radical (unpaired) electrons. The Morgan fingerprint density at radius 2 is 1.88 bits per heavy atom. The van der Waals surface area contributed by atoms with Crippen molar-refractivity contribution in [3.63, 3.8) is 0 Å². The highest BCUT2D eigenvalue weighted by Crippen LogP contribution is 2.28. The number of carbonyl (C=O) groups is 1. The highest BCUT2D eigenvalue weighted by molar-refractivity contribution is 5.79. The van der Waals surface area contributed by atoms with Gasteiger partial charge in [0.05, 0.1) is 13.7 Å². The van der Waals surface area contributed by atoms with Crippen LogP contribution in [0.2, 0.25) is 0 Å². The predicted octanol–water partition coefficient (Wildman–Crippen LogP) is 2.17. The molecular weight excluding hydrogens is 406 g/mol. The van der Waals surface area contributed by atoms with E-state index in [9.17, 15) is 4.79 Å². The molecule has 1 amide bonds. The summed E-state index contributed by atoms with van der Waals surface area (Å²) in [7, 11) is 3.46. The van der Waals surface area contributed by atoms with Gasteiger partial charge in [0.25, 0.3) is 0 Å². The number of nitrogens with one attached hydrogen (secondary N) is 2. The van der Waals surface area contributed by atoms with Gasteiger partial charge in [0.15, 0.2) is 17.5 Å². The molecular formula is C24H41N5O3. The lowest BCUT2D eigenvalue weighted by Gasteiger charge is -2.30. The number of methoxy groups -OCH3 is 1. The Morgan fingerprint density at radius 3 is 2.50 bits per heavy atom. The zero-order valence-electron chi connectivity index (χ0n) is 20.0. The molecule has 4 N–H and O–H groups in total. The van der Waals surface area contributed by atoms with E-state index >= 15 is 0 Å². The summed E-state index contributed by atoms with van der Waals surface area (Å²) in [4.78, 5) is 18.0. The molecule has 1 aromatic carbocycles. The first-order valence-corrected chi connectivity index (χ1v) is 11.8. The third-order valence-electron chi connectivity index (χ3n) is 5.87. The highest BCUT2D eigenvalue weighted by Gasteiger charge is 2.22. The molecule has 0 aromatic heterocycles. The number of aliphatic imine (C=N–C) groups is 1. The number of likely N-dealkylation sites (tertiary alicyclic amines) is 1. The molecule has 0 aliphatic carbocycles. The summed E-state index contributed by atoms with van der Waals surface area (Å²) in [6.07, 6.45) is 5.97. The van der Waals surface area contributed by atoms with E-state index < -0.39 is 0 Å². The Labute approximate surface area is 192 Å². The molecule has 0 unspecified atom stereocenters. The van der Waals surface area contributed by atoms with Gasteiger partial charge in [-0.3, -0.25) is 9.79 Å². The second kappa shape index (κ2) is 14.6. The van der Waals surface area contributed by atoms with E-state index in [0.29, 0.717) is 6.61 Å². The van der Waals surface area contributed by atoms with Crippen LogP contribution in [-0.2, 0) is 11.2 Å². The molecule has 180 valence electrons. The summed E-state index contributed by atoms with van der Waals surface area (Å²) in [6, 6.07) is 6.12. The number of hydrogen-bond acceptors (Lipinski definition) is 5. The topological polar surface area (TPSA) is 101 Å². The SMILES string of the molecule is CCOc1cc(CCCNC(=NC)NCCCCN2CCC(C(N)=O)CC2)ccc1OC. The van der Waals surface area contributed by atoms with Crippen LogP contribution in [0.3, 0.4) is 0 Å². The smallest absolute Gasteiger partial charge is 0.220 e. The van der Waals surface area contributed by atoms with E-state index in [1.807, 2.05) is 13.0 Å². The van der Waals surface area contributed by atoms with Crippen molar-refractivity contribution in [1.82, 2.24) is 15.5 Å². The van der Waals surface area contributed by atoms with Crippen molar-refractivity contribution in [1.29, 1.82) is 0 Å². The largest absolute Gasteiger partial charge is 0.493 e. The van der Waals surface area contributed by atoms with Crippen LogP contribution in [0.5, 0.6) is 11.5 Å². The molecule has 1 heterocycles. The quantitative estimate of drug-likeness (QED) is 0.243. The summed E-state index contributed by atoms with van der Waals surface area (Å²) in [5, 5.41) is 6.78. The Hall–Kier alpha value is -2.48. The maximum Gasteiger partial charge on any atom is 0.220 e. The van der Waals surface area contributed by atoms with Crippen molar-refractivity contribution in [3.8, 4) is 11.5 Å². The number of hydrogen-bond donors (Lipinski definition) is 3. The van der Waals surface area contributed by atoms with Crippen molar-refractivity contribution in [3.05, 3.63) is 23.8 Å². The van der Waals surface area contributed by atoms with Gasteiger partial charge in [-0.2, -0.15) is 0 Å². The standard InChI is InChI=1S/C24H41N5O3/c1-4-32-22-18-19(9-10-21(22)31-3)8-7-14-28-24(26-2)27-13-5-6-15-29-16-11-20(12-17-29)23(25)30/h9-10,18,20H,4-8,11-17H2,1-3H3,(H2,25,30)(H2,26,27,28). The molecule has 1 saturated heterocycles. The number of benzene rings is 1. The van der Waals surface area contributed by atoms with E-state index in [0.717, 1.165) is 88.7 Å². The number of nitrogens with two attached hydrogens (primary N) is 1. The zero-order valence-corrected chi connectivity index (χ0v) is 20.0. The Morgan fingerprint density at radius 1 is 1.16 bits per heavy atom. The average Bonchev–Trinajstić information content (AvgIpc) is 2.81. The van der Waals surface area contributed by atoms with Crippen LogP contribution in [0.1, 0.15) is 44.6 Å². The number of aryl methyl sites for hydroxylation is 1. The molecule has 0 saturated carbocycles. The molecule has 0 spiro atoms. The van der Waals surface area contributed by atoms with Gasteiger partial charge in [-0.1, -0.05) is 6.07 Å². The number of piperidine rings is 1. The average molecular weight is 448 g/mol. The summed E-state index contributed by atoms with van der Waals surface area (Å²) in [6.45, 7) is 7.37. The third kappa shape index (κ3) is 8.94. The van der Waals surface area contributed by atoms with Crippen LogP contribution >= 0.6 is 0 Å². The van der Waals surface area contributed by atoms with Gasteiger partial charge in [-0.25, -0.2) is 0 Å². The number of nitrogens with zero attached hydrogens (tertiary/aromatic N) is 2. The summed E-state index contributed by atoms with van der Waals surface area (Å²) < 4.78 is 11.0. The lowest BCUT2D eigenvalue weighted by atomic mass is 9.96. The van der Waals surface area contributed by atoms with Gasteiger partial charge in [-0.05, 0) is 82.8 Å². The van der Waals surface area contributed by atoms with Crippen molar-refractivity contribution in [2.24, 2.45) is 16.6 Å². The first-order chi connectivity index (χ1) is 15.6. The Kier molecular flexibility index (Phi) is 11.7. The molecule has 0 atom stereocenters. The number of carbonyl (C=O) groups excluding carboxylic acids is 1. The number of guanidine groups is 1. The maximum absolute atomic E-state index is 11.2. The van der Waals surface area contributed by atoms with Crippen LogP contribution in [0, 0.1) is 5.92 Å². The highest BCUT2D eigenvalue weighted by atomic mass is 16.5. The number of primary amides is 1. The normalized spacial score (nSPS) is 15.4. The summed E-state index contributed by atoms with van der Waals surface area (Å²) in [5.74, 6) is 2.34. The lowest BCUT2D eigenvalue weighted by Crippen LogP contribution is -2.40.